The van der Waals surface area contributed by atoms with Crippen molar-refractivity contribution < 1.29 is 9.72 Å². The van der Waals surface area contributed by atoms with E-state index in [0.29, 0.717) is 25.6 Å². The Balaban J connectivity index is 1.58. The van der Waals surface area contributed by atoms with Gasteiger partial charge in [0.1, 0.15) is 11.6 Å². The molecule has 2 N–H and O–H groups in total. The number of piperidine rings is 1. The SMILES string of the molecule is C#CCCOCCC1CCCCN1c1cc(NCc2ccc[nH+]c2)n2ncc(CC)c2n1. The molecule has 1 unspecified atom stereocenters. The first-order chi connectivity index (χ1) is 15.8. The number of terminal acetylenes is 1. The van der Waals surface area contributed by atoms with Crippen molar-refractivity contribution >= 4 is 17.3 Å². The Kier molecular flexibility index (Phi) is 7.57. The summed E-state index contributed by atoms with van der Waals surface area (Å²) in [5.74, 6) is 4.61. The number of H-pyrrole nitrogens is 1. The number of aromatic nitrogens is 4. The smallest absolute Gasteiger partial charge is 0.171 e. The van der Waals surface area contributed by atoms with Crippen molar-refractivity contribution in [2.75, 3.05) is 30.0 Å². The van der Waals surface area contributed by atoms with Crippen molar-refractivity contribution in [3.63, 3.8) is 0 Å². The van der Waals surface area contributed by atoms with Gasteiger partial charge in [-0.15, -0.1) is 12.3 Å². The van der Waals surface area contributed by atoms with Crippen molar-refractivity contribution in [2.24, 2.45) is 0 Å². The first kappa shape index (κ1) is 22.1. The van der Waals surface area contributed by atoms with Crippen LogP contribution in [0.2, 0.25) is 0 Å². The average Bonchev–Trinajstić information content (AvgIpc) is 3.26. The molecule has 32 heavy (non-hydrogen) atoms. The number of anilines is 2. The minimum atomic E-state index is 0.425. The lowest BCUT2D eigenvalue weighted by Crippen LogP contribution is -2.41. The summed E-state index contributed by atoms with van der Waals surface area (Å²) in [5.41, 5.74) is 3.28. The van der Waals surface area contributed by atoms with E-state index in [-0.39, 0.29) is 0 Å². The molecule has 1 atom stereocenters. The molecular formula is C25H33N6O+. The Bertz CT molecular complexity index is 1040. The van der Waals surface area contributed by atoms with Crippen LogP contribution in [0, 0.1) is 12.3 Å². The zero-order valence-electron chi connectivity index (χ0n) is 18.9. The second-order valence-electron chi connectivity index (χ2n) is 8.22. The van der Waals surface area contributed by atoms with Gasteiger partial charge < -0.3 is 15.0 Å². The predicted octanol–water partition coefficient (Wildman–Crippen LogP) is 3.51. The quantitative estimate of drug-likeness (QED) is 0.391. The molecular weight excluding hydrogens is 400 g/mol. The summed E-state index contributed by atoms with van der Waals surface area (Å²) < 4.78 is 7.68. The van der Waals surface area contributed by atoms with Gasteiger partial charge in [0.15, 0.2) is 18.0 Å². The fourth-order valence-corrected chi connectivity index (χ4v) is 4.31. The van der Waals surface area contributed by atoms with E-state index in [2.05, 4.69) is 45.3 Å². The Hall–Kier alpha value is -3.11. The van der Waals surface area contributed by atoms with Crippen molar-refractivity contribution in [3.05, 3.63) is 47.9 Å². The predicted molar refractivity (Wildman–Crippen MR) is 127 cm³/mol. The third-order valence-electron chi connectivity index (χ3n) is 6.06. The van der Waals surface area contributed by atoms with E-state index >= 15 is 0 Å². The van der Waals surface area contributed by atoms with Crippen molar-refractivity contribution in [2.45, 2.75) is 58.0 Å². The number of hydrogen-bond acceptors (Lipinski definition) is 5. The van der Waals surface area contributed by atoms with Crippen LogP contribution >= 0.6 is 0 Å². The Morgan fingerprint density at radius 1 is 1.34 bits per heavy atom. The summed E-state index contributed by atoms with van der Waals surface area (Å²) in [6.07, 6.45) is 17.3. The number of rotatable bonds is 10. The minimum absolute atomic E-state index is 0.425. The van der Waals surface area contributed by atoms with Gasteiger partial charge in [-0.2, -0.15) is 9.61 Å². The van der Waals surface area contributed by atoms with Crippen LogP contribution in [0.4, 0.5) is 11.6 Å². The minimum Gasteiger partial charge on any atom is -0.380 e. The van der Waals surface area contributed by atoms with Crippen molar-refractivity contribution in [1.82, 2.24) is 14.6 Å². The van der Waals surface area contributed by atoms with Gasteiger partial charge >= 0.3 is 0 Å². The Morgan fingerprint density at radius 3 is 3.09 bits per heavy atom. The number of pyridine rings is 1. The maximum atomic E-state index is 5.75. The fourth-order valence-electron chi connectivity index (χ4n) is 4.31. The lowest BCUT2D eigenvalue weighted by Gasteiger charge is -2.37. The van der Waals surface area contributed by atoms with E-state index < -0.39 is 0 Å². The highest BCUT2D eigenvalue weighted by Gasteiger charge is 2.25. The summed E-state index contributed by atoms with van der Waals surface area (Å²) in [7, 11) is 0. The maximum absolute atomic E-state index is 5.75. The Labute approximate surface area is 190 Å². The molecule has 0 aliphatic carbocycles. The van der Waals surface area contributed by atoms with E-state index in [1.54, 1.807) is 0 Å². The summed E-state index contributed by atoms with van der Waals surface area (Å²) in [6, 6.07) is 6.68. The molecule has 7 nitrogen and oxygen atoms in total. The lowest BCUT2D eigenvalue weighted by molar-refractivity contribution is -0.378. The number of ether oxygens (including phenoxy) is 1. The molecule has 3 aromatic rings. The first-order valence-corrected chi connectivity index (χ1v) is 11.6. The van der Waals surface area contributed by atoms with Crippen LogP contribution in [0.3, 0.4) is 0 Å². The van der Waals surface area contributed by atoms with Gasteiger partial charge in [0.25, 0.3) is 0 Å². The molecule has 1 fully saturated rings. The molecule has 0 radical (unpaired) electrons. The standard InChI is InChI=1S/C25H32N6O/c1-3-5-14-32-15-11-22-10-6-7-13-30(22)24-16-23(27-18-20-9-8-12-26-17-20)31-25(29-24)21(4-2)19-28-31/h1,8-9,12,16-17,19,22,27H,4-7,10-11,13-15,18H2,2H3/p+1. The van der Waals surface area contributed by atoms with Crippen LogP contribution in [-0.4, -0.2) is 40.4 Å². The molecule has 0 bridgehead atoms. The zero-order valence-corrected chi connectivity index (χ0v) is 18.9. The molecule has 0 aromatic carbocycles. The number of aryl methyl sites for hydroxylation is 1. The zero-order chi connectivity index (χ0) is 22.2. The van der Waals surface area contributed by atoms with Crippen LogP contribution < -0.4 is 15.2 Å². The molecule has 168 valence electrons. The highest BCUT2D eigenvalue weighted by atomic mass is 16.5. The van der Waals surface area contributed by atoms with Gasteiger partial charge in [-0.1, -0.05) is 6.92 Å². The number of nitrogens with zero attached hydrogens (tertiary/aromatic N) is 4. The summed E-state index contributed by atoms with van der Waals surface area (Å²) in [4.78, 5) is 10.7. The second-order valence-corrected chi connectivity index (χ2v) is 8.22. The van der Waals surface area contributed by atoms with E-state index in [4.69, 9.17) is 16.1 Å². The highest BCUT2D eigenvalue weighted by Crippen LogP contribution is 2.29. The molecule has 7 heteroatoms. The second kappa shape index (κ2) is 11.0. The molecule has 1 aliphatic rings. The van der Waals surface area contributed by atoms with Crippen LogP contribution in [-0.2, 0) is 17.7 Å². The third kappa shape index (κ3) is 5.20. The van der Waals surface area contributed by atoms with Crippen LogP contribution in [0.1, 0.15) is 50.2 Å². The number of nitrogens with one attached hydrogen (secondary N) is 2. The molecule has 3 aromatic heterocycles. The van der Waals surface area contributed by atoms with E-state index in [1.807, 2.05) is 29.2 Å². The van der Waals surface area contributed by atoms with Gasteiger partial charge in [-0.05, 0) is 38.2 Å². The molecule has 1 aliphatic heterocycles. The van der Waals surface area contributed by atoms with Gasteiger partial charge in [0.2, 0.25) is 0 Å². The van der Waals surface area contributed by atoms with Crippen molar-refractivity contribution in [1.29, 1.82) is 0 Å². The summed E-state index contributed by atoms with van der Waals surface area (Å²) >= 11 is 0. The van der Waals surface area contributed by atoms with Gasteiger partial charge in [0, 0.05) is 55.4 Å². The van der Waals surface area contributed by atoms with Crippen molar-refractivity contribution in [3.8, 4) is 12.3 Å². The monoisotopic (exact) mass is 433 g/mol. The van der Waals surface area contributed by atoms with Crippen LogP contribution in [0.5, 0.6) is 0 Å². The van der Waals surface area contributed by atoms with Crippen LogP contribution in [0.25, 0.3) is 5.65 Å². The fraction of sp³-hybridized carbons (Fsp3) is 0.480. The number of hydrogen-bond donors (Lipinski definition) is 1. The number of aromatic amines is 1. The Morgan fingerprint density at radius 2 is 2.28 bits per heavy atom. The van der Waals surface area contributed by atoms with Gasteiger partial charge in [-0.3, -0.25) is 0 Å². The number of fused-ring (bicyclic) bond motifs is 1. The molecule has 0 saturated carbocycles. The van der Waals surface area contributed by atoms with Crippen LogP contribution in [0.15, 0.2) is 36.8 Å². The summed E-state index contributed by atoms with van der Waals surface area (Å²) in [5, 5.41) is 8.19. The molecule has 4 rings (SSSR count). The largest absolute Gasteiger partial charge is 0.380 e. The first-order valence-electron chi connectivity index (χ1n) is 11.6. The normalized spacial score (nSPS) is 16.2. The molecule has 0 amide bonds. The molecule has 0 spiro atoms. The highest BCUT2D eigenvalue weighted by molar-refractivity contribution is 5.61. The summed E-state index contributed by atoms with van der Waals surface area (Å²) in [6.45, 7) is 5.24. The lowest BCUT2D eigenvalue weighted by atomic mass is 9.99. The van der Waals surface area contributed by atoms with Gasteiger partial charge in [-0.25, -0.2) is 9.97 Å². The van der Waals surface area contributed by atoms with E-state index in [1.165, 1.54) is 18.4 Å². The average molecular weight is 434 g/mol. The van der Waals surface area contributed by atoms with Gasteiger partial charge in [0.05, 0.1) is 12.8 Å². The molecule has 1 saturated heterocycles. The van der Waals surface area contributed by atoms with E-state index in [9.17, 15) is 0 Å². The van der Waals surface area contributed by atoms with E-state index in [0.717, 1.165) is 55.3 Å². The maximum Gasteiger partial charge on any atom is 0.171 e. The molecule has 4 heterocycles. The topological polar surface area (TPSA) is 68.8 Å². The third-order valence-corrected chi connectivity index (χ3v) is 6.06.